The van der Waals surface area contributed by atoms with Gasteiger partial charge in [0.25, 0.3) is 11.7 Å². The van der Waals surface area contributed by atoms with Gasteiger partial charge in [-0.25, -0.2) is 0 Å². The van der Waals surface area contributed by atoms with Crippen LogP contribution in [-0.4, -0.2) is 33.3 Å². The number of aryl methyl sites for hydroxylation is 1. The highest BCUT2D eigenvalue weighted by atomic mass is 16.5. The van der Waals surface area contributed by atoms with Crippen molar-refractivity contribution < 1.29 is 23.8 Å². The maximum atomic E-state index is 13.2. The number of rotatable bonds is 7. The number of carbonyl (C=O) groups is 2. The van der Waals surface area contributed by atoms with Crippen molar-refractivity contribution in [3.05, 3.63) is 88.6 Å². The number of likely N-dealkylation sites (tertiary alicyclic amines) is 1. The van der Waals surface area contributed by atoms with Crippen LogP contribution in [0.4, 0.5) is 0 Å². The van der Waals surface area contributed by atoms with Gasteiger partial charge in [-0.05, 0) is 73.4 Å². The number of pyridine rings is 1. The summed E-state index contributed by atoms with van der Waals surface area (Å²) in [5, 5.41) is 11.3. The molecule has 0 aliphatic carbocycles. The Kier molecular flexibility index (Phi) is 6.54. The van der Waals surface area contributed by atoms with Crippen LogP contribution in [0.2, 0.25) is 0 Å². The van der Waals surface area contributed by atoms with E-state index in [1.165, 1.54) is 4.90 Å². The summed E-state index contributed by atoms with van der Waals surface area (Å²) in [4.78, 5) is 31.8. The van der Waals surface area contributed by atoms with Crippen molar-refractivity contribution in [2.24, 2.45) is 0 Å². The van der Waals surface area contributed by atoms with Gasteiger partial charge in [-0.1, -0.05) is 13.8 Å². The van der Waals surface area contributed by atoms with E-state index in [4.69, 9.17) is 9.15 Å². The molecular formula is C27H28N2O5. The Hall–Kier alpha value is -3.87. The summed E-state index contributed by atoms with van der Waals surface area (Å²) in [7, 11) is 0. The SMILES string of the molecule is CCOc1ccc(/C(O)=C2/C(=O)C(=O)N(Cc3ccncc3)C2c2ccc(C)o2)cc1C(C)C. The summed E-state index contributed by atoms with van der Waals surface area (Å²) in [5.41, 5.74) is 2.17. The van der Waals surface area contributed by atoms with Gasteiger partial charge < -0.3 is 19.2 Å². The molecule has 7 nitrogen and oxygen atoms in total. The zero-order chi connectivity index (χ0) is 24.4. The first-order valence-electron chi connectivity index (χ1n) is 11.3. The molecule has 1 atom stereocenters. The van der Waals surface area contributed by atoms with Crippen molar-refractivity contribution in [1.29, 1.82) is 0 Å². The van der Waals surface area contributed by atoms with Crippen LogP contribution in [0.3, 0.4) is 0 Å². The summed E-state index contributed by atoms with van der Waals surface area (Å²) < 4.78 is 11.6. The zero-order valence-electron chi connectivity index (χ0n) is 19.7. The second-order valence-electron chi connectivity index (χ2n) is 8.57. The highest BCUT2D eigenvalue weighted by Gasteiger charge is 2.47. The fraction of sp³-hybridized carbons (Fsp3) is 0.296. The molecule has 1 aliphatic rings. The number of benzene rings is 1. The molecule has 0 spiro atoms. The maximum absolute atomic E-state index is 13.2. The molecule has 3 heterocycles. The summed E-state index contributed by atoms with van der Waals surface area (Å²) >= 11 is 0. The highest BCUT2D eigenvalue weighted by molar-refractivity contribution is 6.46. The van der Waals surface area contributed by atoms with Crippen LogP contribution in [0.25, 0.3) is 5.76 Å². The molecule has 176 valence electrons. The molecule has 1 fully saturated rings. The molecule has 1 aliphatic heterocycles. The van der Waals surface area contributed by atoms with Gasteiger partial charge in [-0.3, -0.25) is 14.6 Å². The molecule has 4 rings (SSSR count). The number of carbonyl (C=O) groups excluding carboxylic acids is 2. The van der Waals surface area contributed by atoms with Crippen LogP contribution >= 0.6 is 0 Å². The fourth-order valence-corrected chi connectivity index (χ4v) is 4.21. The number of amides is 1. The number of hydrogen-bond acceptors (Lipinski definition) is 6. The first-order valence-corrected chi connectivity index (χ1v) is 11.3. The van der Waals surface area contributed by atoms with E-state index in [0.29, 0.717) is 23.7 Å². The van der Waals surface area contributed by atoms with Crippen molar-refractivity contribution in [3.63, 3.8) is 0 Å². The number of Topliss-reactive ketones (excluding diaryl/α,β-unsaturated/α-hetero) is 1. The van der Waals surface area contributed by atoms with E-state index in [2.05, 4.69) is 4.98 Å². The quantitative estimate of drug-likeness (QED) is 0.299. The minimum Gasteiger partial charge on any atom is -0.507 e. The third-order valence-electron chi connectivity index (χ3n) is 5.88. The fourth-order valence-electron chi connectivity index (χ4n) is 4.21. The monoisotopic (exact) mass is 460 g/mol. The van der Waals surface area contributed by atoms with Crippen molar-refractivity contribution in [3.8, 4) is 5.75 Å². The molecule has 1 N–H and O–H groups in total. The Morgan fingerprint density at radius 1 is 1.15 bits per heavy atom. The molecule has 7 heteroatoms. The molecule has 1 amide bonds. The summed E-state index contributed by atoms with van der Waals surface area (Å²) in [6, 6.07) is 11.5. The van der Waals surface area contributed by atoms with Crippen LogP contribution < -0.4 is 4.74 Å². The number of hydrogen-bond donors (Lipinski definition) is 1. The third kappa shape index (κ3) is 4.33. The minimum absolute atomic E-state index is 0.00673. The Morgan fingerprint density at radius 2 is 1.88 bits per heavy atom. The molecule has 0 saturated carbocycles. The van der Waals surface area contributed by atoms with E-state index in [0.717, 1.165) is 16.9 Å². The first-order chi connectivity index (χ1) is 16.3. The lowest BCUT2D eigenvalue weighted by molar-refractivity contribution is -0.140. The second kappa shape index (κ2) is 9.55. The zero-order valence-corrected chi connectivity index (χ0v) is 19.7. The molecule has 1 unspecified atom stereocenters. The lowest BCUT2D eigenvalue weighted by atomic mass is 9.95. The van der Waals surface area contributed by atoms with Gasteiger partial charge in [0.2, 0.25) is 0 Å². The average molecular weight is 461 g/mol. The number of aliphatic hydroxyl groups is 1. The minimum atomic E-state index is -0.851. The molecule has 2 aromatic heterocycles. The number of ether oxygens (including phenoxy) is 1. The van der Waals surface area contributed by atoms with Gasteiger partial charge in [0, 0.05) is 24.5 Å². The molecule has 0 radical (unpaired) electrons. The third-order valence-corrected chi connectivity index (χ3v) is 5.88. The molecule has 34 heavy (non-hydrogen) atoms. The highest BCUT2D eigenvalue weighted by Crippen LogP contribution is 2.41. The Morgan fingerprint density at radius 3 is 2.50 bits per heavy atom. The molecule has 0 bridgehead atoms. The lowest BCUT2D eigenvalue weighted by Crippen LogP contribution is -2.29. The number of ketones is 1. The van der Waals surface area contributed by atoms with Crippen LogP contribution in [0, 0.1) is 6.92 Å². The molecule has 1 aromatic carbocycles. The van der Waals surface area contributed by atoms with Gasteiger partial charge in [0.1, 0.15) is 29.1 Å². The summed E-state index contributed by atoms with van der Waals surface area (Å²) in [6.45, 7) is 8.45. The number of furan rings is 1. The van der Waals surface area contributed by atoms with Gasteiger partial charge >= 0.3 is 0 Å². The van der Waals surface area contributed by atoms with E-state index in [1.807, 2.05) is 26.8 Å². The van der Waals surface area contributed by atoms with Crippen molar-refractivity contribution in [2.45, 2.75) is 46.2 Å². The first kappa shape index (κ1) is 23.3. The number of aromatic nitrogens is 1. The van der Waals surface area contributed by atoms with E-state index in [-0.39, 0.29) is 23.8 Å². The van der Waals surface area contributed by atoms with Crippen LogP contribution in [-0.2, 0) is 16.1 Å². The standard InChI is InChI=1S/C27H28N2O5/c1-5-33-21-9-7-19(14-20(21)16(2)3)25(30)23-24(22-8-6-17(4)34-22)29(27(32)26(23)31)15-18-10-12-28-13-11-18/h6-14,16,24,30H,5,15H2,1-4H3/b25-23-. The van der Waals surface area contributed by atoms with Crippen molar-refractivity contribution in [1.82, 2.24) is 9.88 Å². The molecule has 3 aromatic rings. The largest absolute Gasteiger partial charge is 0.507 e. The van der Waals surface area contributed by atoms with E-state index < -0.39 is 17.7 Å². The van der Waals surface area contributed by atoms with Crippen molar-refractivity contribution in [2.75, 3.05) is 6.61 Å². The predicted octanol–water partition coefficient (Wildman–Crippen LogP) is 5.13. The van der Waals surface area contributed by atoms with Crippen molar-refractivity contribution >= 4 is 17.4 Å². The van der Waals surface area contributed by atoms with E-state index in [9.17, 15) is 14.7 Å². The van der Waals surface area contributed by atoms with E-state index in [1.54, 1.807) is 55.7 Å². The lowest BCUT2D eigenvalue weighted by Gasteiger charge is -2.23. The van der Waals surface area contributed by atoms with Crippen LogP contribution in [0.1, 0.15) is 60.9 Å². The maximum Gasteiger partial charge on any atom is 0.296 e. The summed E-state index contributed by atoms with van der Waals surface area (Å²) in [6.07, 6.45) is 3.26. The van der Waals surface area contributed by atoms with Gasteiger partial charge in [0.15, 0.2) is 0 Å². The van der Waals surface area contributed by atoms with Crippen LogP contribution in [0.5, 0.6) is 5.75 Å². The topological polar surface area (TPSA) is 92.9 Å². The van der Waals surface area contributed by atoms with Gasteiger partial charge in [-0.2, -0.15) is 0 Å². The smallest absolute Gasteiger partial charge is 0.296 e. The average Bonchev–Trinajstić information content (AvgIpc) is 3.36. The Bertz CT molecular complexity index is 1240. The Labute approximate surface area is 198 Å². The normalized spacial score (nSPS) is 17.6. The van der Waals surface area contributed by atoms with Gasteiger partial charge in [-0.15, -0.1) is 0 Å². The number of nitrogens with zero attached hydrogens (tertiary/aromatic N) is 2. The molecular weight excluding hydrogens is 432 g/mol. The molecule has 1 saturated heterocycles. The Balaban J connectivity index is 1.85. The van der Waals surface area contributed by atoms with Crippen LogP contribution in [0.15, 0.2) is 64.8 Å². The predicted molar refractivity (Wildman–Crippen MR) is 127 cm³/mol. The van der Waals surface area contributed by atoms with Gasteiger partial charge in [0.05, 0.1) is 12.2 Å². The second-order valence-corrected chi connectivity index (χ2v) is 8.57. The van der Waals surface area contributed by atoms with E-state index >= 15 is 0 Å². The summed E-state index contributed by atoms with van der Waals surface area (Å²) in [5.74, 6) is 0.255. The number of aliphatic hydroxyl groups excluding tert-OH is 1.